The number of methoxy groups -OCH3 is 1. The highest BCUT2D eigenvalue weighted by Gasteiger charge is 2.23. The van der Waals surface area contributed by atoms with Crippen molar-refractivity contribution in [2.45, 2.75) is 25.7 Å². The number of hydrogen-bond donors (Lipinski definition) is 1. The van der Waals surface area contributed by atoms with Crippen molar-refractivity contribution in [3.05, 3.63) is 11.3 Å². The number of hydrogen-bond acceptors (Lipinski definition) is 4. The number of carbonyl (C=O) groups excluding carboxylic acids is 2. The molecule has 1 rings (SSSR count). The van der Waals surface area contributed by atoms with E-state index < -0.39 is 11.7 Å². The van der Waals surface area contributed by atoms with Gasteiger partial charge in [-0.1, -0.05) is 0 Å². The van der Waals surface area contributed by atoms with Gasteiger partial charge in [0.15, 0.2) is 5.78 Å². The summed E-state index contributed by atoms with van der Waals surface area (Å²) in [6.45, 7) is 0. The predicted octanol–water partition coefficient (Wildman–Crippen LogP) is 1.11. The van der Waals surface area contributed by atoms with Gasteiger partial charge < -0.3 is 9.84 Å². The van der Waals surface area contributed by atoms with Crippen LogP contribution in [0.25, 0.3) is 0 Å². The number of Topliss-reactive ketones (excluding diaryl/α,β-unsaturated/α-hetero) is 1. The number of aliphatic hydroxyl groups is 1. The van der Waals surface area contributed by atoms with E-state index in [0.29, 0.717) is 12.8 Å². The normalized spacial score (nSPS) is 21.2. The number of esters is 1. The van der Waals surface area contributed by atoms with Crippen LogP contribution in [-0.4, -0.2) is 24.0 Å². The van der Waals surface area contributed by atoms with Crippen LogP contribution in [0.4, 0.5) is 0 Å². The summed E-state index contributed by atoms with van der Waals surface area (Å²) in [6.07, 6.45) is 2.55. The molecule has 4 nitrogen and oxygen atoms in total. The Labute approximate surface area is 76.2 Å². The third kappa shape index (κ3) is 2.08. The van der Waals surface area contributed by atoms with Crippen LogP contribution in [0.5, 0.6) is 0 Å². The highest BCUT2D eigenvalue weighted by Crippen LogP contribution is 2.22. The number of ketones is 1. The van der Waals surface area contributed by atoms with E-state index in [2.05, 4.69) is 4.74 Å². The second kappa shape index (κ2) is 4.07. The highest BCUT2D eigenvalue weighted by molar-refractivity contribution is 6.02. The molecular weight excluding hydrogens is 172 g/mol. The minimum atomic E-state index is -0.828. The average molecular weight is 184 g/mol. The second-order valence-corrected chi connectivity index (χ2v) is 2.95. The molecule has 0 aromatic carbocycles. The van der Waals surface area contributed by atoms with Crippen molar-refractivity contribution < 1.29 is 19.4 Å². The average Bonchev–Trinajstić information content (AvgIpc) is 2.16. The predicted molar refractivity (Wildman–Crippen MR) is 45.1 cm³/mol. The first kappa shape index (κ1) is 9.77. The van der Waals surface area contributed by atoms with Gasteiger partial charge in [0.05, 0.1) is 7.11 Å². The van der Waals surface area contributed by atoms with E-state index in [1.807, 2.05) is 0 Å². The SMILES string of the molecule is COC(=O)/C(O)=C1\CCCCC1=O. The van der Waals surface area contributed by atoms with Crippen LogP contribution in [0.3, 0.4) is 0 Å². The van der Waals surface area contributed by atoms with Crippen molar-refractivity contribution in [1.82, 2.24) is 0 Å². The lowest BCUT2D eigenvalue weighted by Crippen LogP contribution is -2.16. The Bertz CT molecular complexity index is 265. The minimum absolute atomic E-state index is 0.144. The quantitative estimate of drug-likeness (QED) is 0.376. The lowest BCUT2D eigenvalue weighted by molar-refractivity contribution is -0.139. The van der Waals surface area contributed by atoms with Crippen LogP contribution in [0, 0.1) is 0 Å². The van der Waals surface area contributed by atoms with Gasteiger partial charge in [0, 0.05) is 12.0 Å². The molecule has 1 N–H and O–H groups in total. The van der Waals surface area contributed by atoms with E-state index in [9.17, 15) is 14.7 Å². The van der Waals surface area contributed by atoms with Crippen LogP contribution in [0.15, 0.2) is 11.3 Å². The van der Waals surface area contributed by atoms with E-state index in [0.717, 1.165) is 12.8 Å². The zero-order chi connectivity index (χ0) is 9.84. The fraction of sp³-hybridized carbons (Fsp3) is 0.556. The van der Waals surface area contributed by atoms with Gasteiger partial charge in [0.25, 0.3) is 0 Å². The van der Waals surface area contributed by atoms with E-state index >= 15 is 0 Å². The molecular formula is C9H12O4. The lowest BCUT2D eigenvalue weighted by atomic mass is 9.92. The molecule has 0 aromatic heterocycles. The van der Waals surface area contributed by atoms with Crippen molar-refractivity contribution in [3.63, 3.8) is 0 Å². The summed E-state index contributed by atoms with van der Waals surface area (Å²) in [5, 5.41) is 9.30. The van der Waals surface area contributed by atoms with Crippen molar-refractivity contribution in [2.75, 3.05) is 7.11 Å². The first-order valence-corrected chi connectivity index (χ1v) is 4.20. The standard InChI is InChI=1S/C9H12O4/c1-13-9(12)8(11)6-4-2-3-5-7(6)10/h11H,2-5H2,1H3/b8-6-. The van der Waals surface area contributed by atoms with Crippen LogP contribution < -0.4 is 0 Å². The number of aliphatic hydroxyl groups excluding tert-OH is 1. The number of ether oxygens (including phenoxy) is 1. The Hall–Kier alpha value is -1.32. The van der Waals surface area contributed by atoms with Gasteiger partial charge in [-0.2, -0.15) is 0 Å². The van der Waals surface area contributed by atoms with Crippen molar-refractivity contribution >= 4 is 11.8 Å². The summed E-state index contributed by atoms with van der Waals surface area (Å²) in [5.41, 5.74) is 0.220. The molecule has 0 heterocycles. The molecule has 1 fully saturated rings. The highest BCUT2D eigenvalue weighted by atomic mass is 16.5. The largest absolute Gasteiger partial charge is 0.502 e. The Morgan fingerprint density at radius 2 is 2.00 bits per heavy atom. The fourth-order valence-corrected chi connectivity index (χ4v) is 1.35. The van der Waals surface area contributed by atoms with Crippen molar-refractivity contribution in [2.24, 2.45) is 0 Å². The van der Waals surface area contributed by atoms with Gasteiger partial charge in [0.1, 0.15) is 0 Å². The summed E-state index contributed by atoms with van der Waals surface area (Å²) < 4.78 is 4.31. The first-order chi connectivity index (χ1) is 6.16. The van der Waals surface area contributed by atoms with Crippen LogP contribution >= 0.6 is 0 Å². The smallest absolute Gasteiger partial charge is 0.373 e. The number of carbonyl (C=O) groups is 2. The molecule has 0 spiro atoms. The van der Waals surface area contributed by atoms with E-state index in [-0.39, 0.29) is 11.4 Å². The van der Waals surface area contributed by atoms with E-state index in [4.69, 9.17) is 0 Å². The van der Waals surface area contributed by atoms with Gasteiger partial charge in [-0.3, -0.25) is 4.79 Å². The maximum absolute atomic E-state index is 11.2. The summed E-state index contributed by atoms with van der Waals surface area (Å²) in [5.74, 6) is -1.49. The molecule has 1 saturated carbocycles. The van der Waals surface area contributed by atoms with Gasteiger partial charge in [0.2, 0.25) is 5.76 Å². The molecule has 0 aliphatic heterocycles. The van der Waals surface area contributed by atoms with Crippen LogP contribution in [0.2, 0.25) is 0 Å². The molecule has 0 bridgehead atoms. The van der Waals surface area contributed by atoms with Crippen LogP contribution in [-0.2, 0) is 14.3 Å². The summed E-state index contributed by atoms with van der Waals surface area (Å²) in [4.78, 5) is 22.1. The summed E-state index contributed by atoms with van der Waals surface area (Å²) in [7, 11) is 1.17. The van der Waals surface area contributed by atoms with Crippen molar-refractivity contribution in [1.29, 1.82) is 0 Å². The fourth-order valence-electron chi connectivity index (χ4n) is 1.35. The Kier molecular flexibility index (Phi) is 3.06. The zero-order valence-electron chi connectivity index (χ0n) is 7.50. The maximum Gasteiger partial charge on any atom is 0.373 e. The monoisotopic (exact) mass is 184 g/mol. The minimum Gasteiger partial charge on any atom is -0.502 e. The number of allylic oxidation sites excluding steroid dienone is 1. The second-order valence-electron chi connectivity index (χ2n) is 2.95. The Balaban J connectivity index is 2.87. The lowest BCUT2D eigenvalue weighted by Gasteiger charge is -2.13. The molecule has 4 heteroatoms. The molecule has 0 amide bonds. The molecule has 0 aromatic rings. The van der Waals surface area contributed by atoms with E-state index in [1.54, 1.807) is 0 Å². The molecule has 0 saturated heterocycles. The molecule has 72 valence electrons. The molecule has 1 aliphatic carbocycles. The topological polar surface area (TPSA) is 63.6 Å². The van der Waals surface area contributed by atoms with Gasteiger partial charge in [-0.05, 0) is 19.3 Å². The summed E-state index contributed by atoms with van der Waals surface area (Å²) in [6, 6.07) is 0. The summed E-state index contributed by atoms with van der Waals surface area (Å²) >= 11 is 0. The third-order valence-electron chi connectivity index (χ3n) is 2.08. The van der Waals surface area contributed by atoms with Crippen molar-refractivity contribution in [3.8, 4) is 0 Å². The molecule has 0 atom stereocenters. The first-order valence-electron chi connectivity index (χ1n) is 4.20. The van der Waals surface area contributed by atoms with Crippen LogP contribution in [0.1, 0.15) is 25.7 Å². The Morgan fingerprint density at radius 3 is 2.54 bits per heavy atom. The third-order valence-corrected chi connectivity index (χ3v) is 2.08. The molecule has 13 heavy (non-hydrogen) atoms. The van der Waals surface area contributed by atoms with Gasteiger partial charge in [-0.25, -0.2) is 4.79 Å². The van der Waals surface area contributed by atoms with E-state index in [1.165, 1.54) is 7.11 Å². The number of rotatable bonds is 1. The molecule has 1 aliphatic rings. The van der Waals surface area contributed by atoms with Gasteiger partial charge >= 0.3 is 5.97 Å². The van der Waals surface area contributed by atoms with Gasteiger partial charge in [-0.15, -0.1) is 0 Å². The maximum atomic E-state index is 11.2. The zero-order valence-corrected chi connectivity index (χ0v) is 7.50. The Morgan fingerprint density at radius 1 is 1.38 bits per heavy atom. The molecule has 0 unspecified atom stereocenters. The molecule has 0 radical (unpaired) electrons.